The Kier molecular flexibility index (Phi) is 3.89. The van der Waals surface area contributed by atoms with Crippen molar-refractivity contribution in [3.8, 4) is 5.75 Å². The van der Waals surface area contributed by atoms with Gasteiger partial charge in [0.15, 0.2) is 0 Å². The number of amides is 1. The van der Waals surface area contributed by atoms with E-state index < -0.39 is 6.09 Å². The second-order valence-corrected chi connectivity index (χ2v) is 4.93. The van der Waals surface area contributed by atoms with Gasteiger partial charge >= 0.3 is 6.09 Å². The number of hydrogen-bond acceptors (Lipinski definition) is 2. The maximum absolute atomic E-state index is 10.9. The minimum Gasteiger partial charge on any atom is -0.492 e. The molecule has 1 aromatic carbocycles. The Morgan fingerprint density at radius 2 is 2.06 bits per heavy atom. The lowest BCUT2D eigenvalue weighted by Crippen LogP contribution is -2.35. The van der Waals surface area contributed by atoms with Crippen LogP contribution >= 0.6 is 15.9 Å². The molecule has 1 fully saturated rings. The third-order valence-electron chi connectivity index (χ3n) is 2.65. The van der Waals surface area contributed by atoms with Gasteiger partial charge in [-0.2, -0.15) is 0 Å². The number of carbonyl (C=O) groups is 1. The third kappa shape index (κ3) is 3.63. The van der Waals surface area contributed by atoms with E-state index in [1.54, 1.807) is 0 Å². The van der Waals surface area contributed by atoms with E-state index in [0.29, 0.717) is 13.2 Å². The fraction of sp³-hybridized carbons (Fsp3) is 0.417. The fourth-order valence-electron chi connectivity index (χ4n) is 1.61. The average molecular weight is 300 g/mol. The highest BCUT2D eigenvalue weighted by Gasteiger charge is 2.32. The molecule has 0 aromatic heterocycles. The minimum atomic E-state index is -0.855. The summed E-state index contributed by atoms with van der Waals surface area (Å²) in [5, 5.41) is 8.98. The smallest absolute Gasteiger partial charge is 0.407 e. The van der Waals surface area contributed by atoms with Crippen LogP contribution in [0.15, 0.2) is 28.7 Å². The largest absolute Gasteiger partial charge is 0.492 e. The maximum atomic E-state index is 10.9. The number of carboxylic acid groups (broad SMARTS) is 1. The van der Waals surface area contributed by atoms with Gasteiger partial charge in [0.2, 0.25) is 0 Å². The molecule has 0 bridgehead atoms. The highest BCUT2D eigenvalue weighted by atomic mass is 79.9. The monoisotopic (exact) mass is 299 g/mol. The lowest BCUT2D eigenvalue weighted by Gasteiger charge is -2.18. The molecule has 0 aliphatic heterocycles. The topological polar surface area (TPSA) is 49.8 Å². The lowest BCUT2D eigenvalue weighted by atomic mass is 10.3. The highest BCUT2D eigenvalue weighted by Crippen LogP contribution is 2.26. The zero-order chi connectivity index (χ0) is 12.3. The second kappa shape index (κ2) is 5.40. The summed E-state index contributed by atoms with van der Waals surface area (Å²) in [4.78, 5) is 12.4. The molecular weight excluding hydrogens is 286 g/mol. The molecule has 17 heavy (non-hydrogen) atoms. The molecule has 1 saturated carbocycles. The van der Waals surface area contributed by atoms with E-state index in [0.717, 1.165) is 23.1 Å². The first kappa shape index (κ1) is 12.2. The van der Waals surface area contributed by atoms with Crippen LogP contribution in [0, 0.1) is 0 Å². The van der Waals surface area contributed by atoms with E-state index in [4.69, 9.17) is 9.84 Å². The van der Waals surface area contributed by atoms with Crippen molar-refractivity contribution in [3.63, 3.8) is 0 Å². The number of ether oxygens (including phenoxy) is 1. The maximum Gasteiger partial charge on any atom is 0.407 e. The first-order chi connectivity index (χ1) is 8.16. The average Bonchev–Trinajstić information content (AvgIpc) is 3.10. The summed E-state index contributed by atoms with van der Waals surface area (Å²) < 4.78 is 6.49. The van der Waals surface area contributed by atoms with Gasteiger partial charge in [-0.15, -0.1) is 0 Å². The summed E-state index contributed by atoms with van der Waals surface area (Å²) in [5.41, 5.74) is 0. The normalized spacial score (nSPS) is 14.4. The first-order valence-electron chi connectivity index (χ1n) is 5.55. The van der Waals surface area contributed by atoms with E-state index in [1.165, 1.54) is 4.90 Å². The Morgan fingerprint density at radius 3 is 2.59 bits per heavy atom. The molecule has 5 heteroatoms. The number of halogens is 1. The van der Waals surface area contributed by atoms with E-state index in [-0.39, 0.29) is 6.04 Å². The Hall–Kier alpha value is -1.23. The van der Waals surface area contributed by atoms with Gasteiger partial charge in [0, 0.05) is 10.5 Å². The number of benzene rings is 1. The van der Waals surface area contributed by atoms with Crippen LogP contribution < -0.4 is 4.74 Å². The summed E-state index contributed by atoms with van der Waals surface area (Å²) in [6, 6.07) is 7.70. The van der Waals surface area contributed by atoms with E-state index >= 15 is 0 Å². The zero-order valence-corrected chi connectivity index (χ0v) is 10.9. The van der Waals surface area contributed by atoms with Crippen LogP contribution in [0.1, 0.15) is 12.8 Å². The summed E-state index contributed by atoms with van der Waals surface area (Å²) in [7, 11) is 0. The van der Waals surface area contributed by atoms with E-state index in [9.17, 15) is 4.79 Å². The van der Waals surface area contributed by atoms with E-state index in [1.807, 2.05) is 24.3 Å². The number of hydrogen-bond donors (Lipinski definition) is 1. The molecule has 1 aliphatic rings. The molecule has 0 unspecified atom stereocenters. The van der Waals surface area contributed by atoms with Gasteiger partial charge in [0.25, 0.3) is 0 Å². The Morgan fingerprint density at radius 1 is 1.41 bits per heavy atom. The number of rotatable bonds is 5. The van der Waals surface area contributed by atoms with Crippen LogP contribution in [-0.2, 0) is 0 Å². The molecule has 92 valence electrons. The van der Waals surface area contributed by atoms with Gasteiger partial charge in [-0.05, 0) is 37.1 Å². The van der Waals surface area contributed by atoms with Gasteiger partial charge in [0.05, 0.1) is 6.54 Å². The van der Waals surface area contributed by atoms with Gasteiger partial charge in [-0.25, -0.2) is 4.79 Å². The van der Waals surface area contributed by atoms with Crippen LogP contribution in [0.3, 0.4) is 0 Å². The molecular formula is C12H14BrNO3. The van der Waals surface area contributed by atoms with Crippen LogP contribution in [0.5, 0.6) is 5.75 Å². The van der Waals surface area contributed by atoms with Crippen molar-refractivity contribution in [2.45, 2.75) is 18.9 Å². The van der Waals surface area contributed by atoms with Crippen molar-refractivity contribution in [1.82, 2.24) is 4.90 Å². The van der Waals surface area contributed by atoms with Crippen LogP contribution in [-0.4, -0.2) is 35.3 Å². The minimum absolute atomic E-state index is 0.209. The van der Waals surface area contributed by atoms with Gasteiger partial charge in [-0.1, -0.05) is 15.9 Å². The van der Waals surface area contributed by atoms with Gasteiger partial charge in [0.1, 0.15) is 12.4 Å². The molecule has 1 aromatic rings. The quantitative estimate of drug-likeness (QED) is 0.909. The number of nitrogens with zero attached hydrogens (tertiary/aromatic N) is 1. The van der Waals surface area contributed by atoms with Crippen molar-refractivity contribution < 1.29 is 14.6 Å². The van der Waals surface area contributed by atoms with E-state index in [2.05, 4.69) is 15.9 Å². The Labute approximate surface area is 108 Å². The molecule has 1 N–H and O–H groups in total. The van der Waals surface area contributed by atoms with Crippen LogP contribution in [0.4, 0.5) is 4.79 Å². The lowest BCUT2D eigenvalue weighted by molar-refractivity contribution is 0.132. The summed E-state index contributed by atoms with van der Waals surface area (Å²) in [6.07, 6.45) is 1.10. The Bertz CT molecular complexity index is 389. The molecule has 1 amide bonds. The van der Waals surface area contributed by atoms with Crippen molar-refractivity contribution in [2.75, 3.05) is 13.2 Å². The summed E-state index contributed by atoms with van der Waals surface area (Å²) in [6.45, 7) is 0.820. The van der Waals surface area contributed by atoms with Crippen molar-refractivity contribution >= 4 is 22.0 Å². The molecule has 4 nitrogen and oxygen atoms in total. The molecule has 0 spiro atoms. The zero-order valence-electron chi connectivity index (χ0n) is 9.30. The first-order valence-corrected chi connectivity index (χ1v) is 6.34. The molecule has 0 radical (unpaired) electrons. The van der Waals surface area contributed by atoms with Crippen LogP contribution in [0.25, 0.3) is 0 Å². The molecule has 0 heterocycles. The second-order valence-electron chi connectivity index (χ2n) is 4.01. The molecule has 2 rings (SSSR count). The van der Waals surface area contributed by atoms with Crippen molar-refractivity contribution in [3.05, 3.63) is 28.7 Å². The summed E-state index contributed by atoms with van der Waals surface area (Å²) >= 11 is 3.34. The highest BCUT2D eigenvalue weighted by molar-refractivity contribution is 9.10. The standard InChI is InChI=1S/C12H14BrNO3/c13-9-1-5-11(6-2-9)17-8-7-14(12(15)16)10-3-4-10/h1-2,5-6,10H,3-4,7-8H2,(H,15,16). The van der Waals surface area contributed by atoms with Crippen molar-refractivity contribution in [1.29, 1.82) is 0 Å². The van der Waals surface area contributed by atoms with Crippen LogP contribution in [0.2, 0.25) is 0 Å². The molecule has 1 aliphatic carbocycles. The Balaban J connectivity index is 1.78. The predicted octanol–water partition coefficient (Wildman–Crippen LogP) is 2.97. The molecule has 0 atom stereocenters. The van der Waals surface area contributed by atoms with Gasteiger partial charge in [-0.3, -0.25) is 0 Å². The molecule has 0 saturated heterocycles. The SMILES string of the molecule is O=C(O)N(CCOc1ccc(Br)cc1)C1CC1. The van der Waals surface area contributed by atoms with Gasteiger partial charge < -0.3 is 14.7 Å². The van der Waals surface area contributed by atoms with Crippen molar-refractivity contribution in [2.24, 2.45) is 0 Å². The summed E-state index contributed by atoms with van der Waals surface area (Å²) in [5.74, 6) is 0.759. The predicted molar refractivity (Wildman–Crippen MR) is 67.4 cm³/mol. The third-order valence-corrected chi connectivity index (χ3v) is 3.18. The fourth-order valence-corrected chi connectivity index (χ4v) is 1.88.